The summed E-state index contributed by atoms with van der Waals surface area (Å²) >= 11 is 5.76. The van der Waals surface area contributed by atoms with Gasteiger partial charge in [-0.3, -0.25) is 0 Å². The van der Waals surface area contributed by atoms with E-state index < -0.39 is 11.6 Å². The zero-order chi connectivity index (χ0) is 10.9. The minimum Gasteiger partial charge on any atom is -0.306 e. The number of hydrogen-bond donors (Lipinski definition) is 1. The molecule has 1 saturated carbocycles. The Morgan fingerprint density at radius 3 is 2.67 bits per heavy atom. The van der Waals surface area contributed by atoms with E-state index >= 15 is 0 Å². The predicted molar refractivity (Wildman–Crippen MR) is 55.9 cm³/mol. The average molecular weight is 232 g/mol. The van der Waals surface area contributed by atoms with Gasteiger partial charge in [0, 0.05) is 23.5 Å². The lowest BCUT2D eigenvalue weighted by Gasteiger charge is -2.14. The highest BCUT2D eigenvalue weighted by atomic mass is 35.5. The Hall–Kier alpha value is -0.670. The number of halogens is 3. The van der Waals surface area contributed by atoms with Crippen LogP contribution in [0.5, 0.6) is 0 Å². The third-order valence-corrected chi connectivity index (χ3v) is 3.31. The van der Waals surface area contributed by atoms with Crippen LogP contribution in [0.4, 0.5) is 8.78 Å². The van der Waals surface area contributed by atoms with E-state index in [0.717, 1.165) is 18.9 Å². The molecule has 1 fully saturated rings. The smallest absolute Gasteiger partial charge is 0.163 e. The summed E-state index contributed by atoms with van der Waals surface area (Å²) in [5.41, 5.74) is 0.312. The Kier molecular flexibility index (Phi) is 2.94. The zero-order valence-electron chi connectivity index (χ0n) is 8.19. The largest absolute Gasteiger partial charge is 0.306 e. The maximum Gasteiger partial charge on any atom is 0.163 e. The van der Waals surface area contributed by atoms with Gasteiger partial charge in [-0.1, -0.05) is 12.1 Å². The van der Waals surface area contributed by atoms with Crippen LogP contribution in [0.25, 0.3) is 0 Å². The minimum absolute atomic E-state index is 0.0414. The SMILES string of the molecule is Fc1cccc(CNC2(CCl)CC2)c1F. The normalized spacial score (nSPS) is 17.8. The highest BCUT2D eigenvalue weighted by molar-refractivity contribution is 6.18. The molecule has 15 heavy (non-hydrogen) atoms. The van der Waals surface area contributed by atoms with Crippen LogP contribution in [0.3, 0.4) is 0 Å². The fourth-order valence-corrected chi connectivity index (χ4v) is 1.84. The van der Waals surface area contributed by atoms with Crippen LogP contribution in [-0.4, -0.2) is 11.4 Å². The topological polar surface area (TPSA) is 12.0 Å². The van der Waals surface area contributed by atoms with Crippen molar-refractivity contribution in [3.8, 4) is 0 Å². The lowest BCUT2D eigenvalue weighted by molar-refractivity contribution is 0.478. The number of alkyl halides is 1. The summed E-state index contributed by atoms with van der Waals surface area (Å²) in [5, 5.41) is 3.17. The number of benzene rings is 1. The molecule has 0 atom stereocenters. The van der Waals surface area contributed by atoms with Crippen molar-refractivity contribution >= 4 is 11.6 Å². The van der Waals surface area contributed by atoms with Gasteiger partial charge in [-0.15, -0.1) is 11.6 Å². The fraction of sp³-hybridized carbons (Fsp3) is 0.455. The number of rotatable bonds is 4. The van der Waals surface area contributed by atoms with Crippen molar-refractivity contribution in [1.82, 2.24) is 5.32 Å². The Balaban J connectivity index is 2.02. The average Bonchev–Trinajstić information content (AvgIpc) is 3.01. The molecule has 0 radical (unpaired) electrons. The second-order valence-corrected chi connectivity index (χ2v) is 4.25. The van der Waals surface area contributed by atoms with Crippen molar-refractivity contribution < 1.29 is 8.78 Å². The molecule has 0 unspecified atom stereocenters. The Bertz CT molecular complexity index is 364. The van der Waals surface area contributed by atoms with E-state index in [-0.39, 0.29) is 5.54 Å². The summed E-state index contributed by atoms with van der Waals surface area (Å²) in [5.74, 6) is -1.05. The lowest BCUT2D eigenvalue weighted by atomic mass is 10.2. The van der Waals surface area contributed by atoms with Crippen molar-refractivity contribution in [3.63, 3.8) is 0 Å². The van der Waals surface area contributed by atoms with Gasteiger partial charge in [0.2, 0.25) is 0 Å². The molecule has 1 nitrogen and oxygen atoms in total. The molecule has 1 N–H and O–H groups in total. The first-order valence-electron chi connectivity index (χ1n) is 4.91. The molecule has 82 valence electrons. The minimum atomic E-state index is -0.801. The van der Waals surface area contributed by atoms with Crippen LogP contribution >= 0.6 is 11.6 Å². The summed E-state index contributed by atoms with van der Waals surface area (Å²) < 4.78 is 26.1. The molecule has 1 aliphatic rings. The van der Waals surface area contributed by atoms with Crippen molar-refractivity contribution in [2.75, 3.05) is 5.88 Å². The molecular weight excluding hydrogens is 220 g/mol. The summed E-state index contributed by atoms with van der Waals surface area (Å²) in [6.07, 6.45) is 2.01. The highest BCUT2D eigenvalue weighted by Crippen LogP contribution is 2.36. The monoisotopic (exact) mass is 231 g/mol. The second kappa shape index (κ2) is 4.06. The van der Waals surface area contributed by atoms with E-state index in [9.17, 15) is 8.78 Å². The van der Waals surface area contributed by atoms with Crippen LogP contribution in [0, 0.1) is 11.6 Å². The molecule has 1 aromatic carbocycles. The zero-order valence-corrected chi connectivity index (χ0v) is 8.95. The van der Waals surface area contributed by atoms with E-state index in [1.807, 2.05) is 0 Å². The Morgan fingerprint density at radius 1 is 1.33 bits per heavy atom. The van der Waals surface area contributed by atoms with E-state index in [1.54, 1.807) is 6.07 Å². The quantitative estimate of drug-likeness (QED) is 0.786. The predicted octanol–water partition coefficient (Wildman–Crippen LogP) is 2.83. The van der Waals surface area contributed by atoms with Crippen molar-refractivity contribution in [2.24, 2.45) is 0 Å². The molecule has 0 bridgehead atoms. The van der Waals surface area contributed by atoms with Crippen molar-refractivity contribution in [2.45, 2.75) is 24.9 Å². The van der Waals surface area contributed by atoms with Gasteiger partial charge < -0.3 is 5.32 Å². The fourth-order valence-electron chi connectivity index (χ4n) is 1.48. The van der Waals surface area contributed by atoms with Crippen LogP contribution in [-0.2, 0) is 6.54 Å². The maximum absolute atomic E-state index is 13.3. The van der Waals surface area contributed by atoms with Crippen molar-refractivity contribution in [1.29, 1.82) is 0 Å². The van der Waals surface area contributed by atoms with Gasteiger partial charge in [-0.25, -0.2) is 8.78 Å². The number of hydrogen-bond acceptors (Lipinski definition) is 1. The summed E-state index contributed by atoms with van der Waals surface area (Å²) in [7, 11) is 0. The van der Waals surface area contributed by atoms with Gasteiger partial charge in [0.1, 0.15) is 0 Å². The standard InChI is InChI=1S/C11H12ClF2N/c12-7-11(4-5-11)15-6-8-2-1-3-9(13)10(8)14/h1-3,15H,4-7H2. The molecule has 0 aromatic heterocycles. The van der Waals surface area contributed by atoms with Gasteiger partial charge in [0.25, 0.3) is 0 Å². The first-order valence-corrected chi connectivity index (χ1v) is 5.44. The van der Waals surface area contributed by atoms with Gasteiger partial charge in [0.05, 0.1) is 0 Å². The Morgan fingerprint density at radius 2 is 2.07 bits per heavy atom. The van der Waals surface area contributed by atoms with E-state index in [2.05, 4.69) is 5.32 Å². The van der Waals surface area contributed by atoms with Gasteiger partial charge >= 0.3 is 0 Å². The molecule has 0 heterocycles. The molecular formula is C11H12ClF2N. The molecule has 0 aliphatic heterocycles. The molecule has 1 aromatic rings. The molecule has 1 aliphatic carbocycles. The van der Waals surface area contributed by atoms with Crippen LogP contribution in [0.2, 0.25) is 0 Å². The third kappa shape index (κ3) is 2.29. The van der Waals surface area contributed by atoms with E-state index in [1.165, 1.54) is 6.07 Å². The van der Waals surface area contributed by atoms with Gasteiger partial charge in [-0.2, -0.15) is 0 Å². The molecule has 4 heteroatoms. The summed E-state index contributed by atoms with van der Waals surface area (Å²) in [6, 6.07) is 4.21. The highest BCUT2D eigenvalue weighted by Gasteiger charge is 2.41. The maximum atomic E-state index is 13.3. The summed E-state index contributed by atoms with van der Waals surface area (Å²) in [6.45, 7) is 0.330. The molecule has 2 rings (SSSR count). The van der Waals surface area contributed by atoms with Crippen molar-refractivity contribution in [3.05, 3.63) is 35.4 Å². The molecule has 0 saturated heterocycles. The number of nitrogens with one attached hydrogen (secondary N) is 1. The molecule has 0 spiro atoms. The van der Waals surface area contributed by atoms with Crippen LogP contribution < -0.4 is 5.32 Å². The van der Waals surface area contributed by atoms with E-state index in [0.29, 0.717) is 18.0 Å². The Labute approximate surface area is 92.4 Å². The summed E-state index contributed by atoms with van der Waals surface area (Å²) in [4.78, 5) is 0. The van der Waals surface area contributed by atoms with Gasteiger partial charge in [0.15, 0.2) is 11.6 Å². The molecule has 0 amide bonds. The first kappa shape index (κ1) is 10.8. The third-order valence-electron chi connectivity index (χ3n) is 2.79. The van der Waals surface area contributed by atoms with Crippen LogP contribution in [0.1, 0.15) is 18.4 Å². The van der Waals surface area contributed by atoms with Gasteiger partial charge in [-0.05, 0) is 18.9 Å². The lowest BCUT2D eigenvalue weighted by Crippen LogP contribution is -2.32. The van der Waals surface area contributed by atoms with E-state index in [4.69, 9.17) is 11.6 Å². The first-order chi connectivity index (χ1) is 7.17. The van der Waals surface area contributed by atoms with Crippen LogP contribution in [0.15, 0.2) is 18.2 Å². The second-order valence-electron chi connectivity index (χ2n) is 3.98.